The number of hydrogen-bond acceptors (Lipinski definition) is 5. The van der Waals surface area contributed by atoms with Gasteiger partial charge in [0.15, 0.2) is 11.5 Å². The average molecular weight is 350 g/mol. The third kappa shape index (κ3) is 2.84. The molecule has 2 aliphatic rings. The molecule has 1 fully saturated rings. The molecule has 0 amide bonds. The number of fused-ring (bicyclic) bond motifs is 1. The number of ether oxygens (including phenoxy) is 1. The lowest BCUT2D eigenvalue weighted by Gasteiger charge is -2.25. The molecule has 6 heteroatoms. The summed E-state index contributed by atoms with van der Waals surface area (Å²) < 4.78 is 13.8. The highest BCUT2D eigenvalue weighted by Crippen LogP contribution is 2.34. The van der Waals surface area contributed by atoms with Crippen LogP contribution in [0.5, 0.6) is 0 Å². The number of hydrogen-bond donors (Lipinski definition) is 0. The molecule has 1 unspecified atom stereocenters. The van der Waals surface area contributed by atoms with Gasteiger partial charge in [0.2, 0.25) is 0 Å². The van der Waals surface area contributed by atoms with Crippen LogP contribution in [-0.4, -0.2) is 19.7 Å². The summed E-state index contributed by atoms with van der Waals surface area (Å²) in [6.45, 7) is 1.24. The van der Waals surface area contributed by atoms with E-state index in [1.54, 1.807) is 0 Å². The highest BCUT2D eigenvalue weighted by Gasteiger charge is 2.27. The van der Waals surface area contributed by atoms with Crippen molar-refractivity contribution in [1.29, 1.82) is 0 Å². The topological polar surface area (TPSA) is 66.0 Å². The summed E-state index contributed by atoms with van der Waals surface area (Å²) in [5, 5.41) is 4.23. The van der Waals surface area contributed by atoms with Crippen LogP contribution in [0.25, 0.3) is 11.6 Å². The number of aromatic nitrogens is 4. The van der Waals surface area contributed by atoms with E-state index in [2.05, 4.69) is 31.8 Å². The highest BCUT2D eigenvalue weighted by atomic mass is 16.5. The van der Waals surface area contributed by atoms with Gasteiger partial charge < -0.3 is 13.8 Å². The fourth-order valence-electron chi connectivity index (χ4n) is 4.03. The van der Waals surface area contributed by atoms with Crippen LogP contribution in [-0.2, 0) is 17.9 Å². The zero-order valence-corrected chi connectivity index (χ0v) is 14.7. The molecular weight excluding hydrogens is 328 g/mol. The van der Waals surface area contributed by atoms with Crippen LogP contribution in [0.1, 0.15) is 61.2 Å². The van der Waals surface area contributed by atoms with Crippen molar-refractivity contribution in [2.24, 2.45) is 0 Å². The van der Waals surface area contributed by atoms with Crippen LogP contribution in [0.2, 0.25) is 0 Å². The van der Waals surface area contributed by atoms with Crippen molar-refractivity contribution in [2.45, 2.75) is 57.3 Å². The van der Waals surface area contributed by atoms with Crippen molar-refractivity contribution in [1.82, 2.24) is 19.7 Å². The van der Waals surface area contributed by atoms with Crippen molar-refractivity contribution in [3.63, 3.8) is 0 Å². The van der Waals surface area contributed by atoms with Gasteiger partial charge >= 0.3 is 0 Å². The number of imidazole rings is 1. The molecule has 5 rings (SSSR count). The quantitative estimate of drug-likeness (QED) is 0.706. The largest absolute Gasteiger partial charge is 0.365 e. The first-order valence-corrected chi connectivity index (χ1v) is 9.43. The molecule has 1 aliphatic carbocycles. The summed E-state index contributed by atoms with van der Waals surface area (Å²) in [7, 11) is 0. The Hall–Kier alpha value is -2.47. The summed E-state index contributed by atoms with van der Waals surface area (Å²) in [6.07, 6.45) is 8.03. The van der Waals surface area contributed by atoms with Gasteiger partial charge in [-0.25, -0.2) is 4.98 Å². The van der Waals surface area contributed by atoms with E-state index >= 15 is 0 Å². The van der Waals surface area contributed by atoms with Crippen molar-refractivity contribution in [2.75, 3.05) is 0 Å². The first-order chi connectivity index (χ1) is 12.9. The van der Waals surface area contributed by atoms with E-state index in [4.69, 9.17) is 9.26 Å². The van der Waals surface area contributed by atoms with E-state index in [0.717, 1.165) is 36.6 Å². The second-order valence-electron chi connectivity index (χ2n) is 7.20. The van der Waals surface area contributed by atoms with Crippen LogP contribution in [0.3, 0.4) is 0 Å². The van der Waals surface area contributed by atoms with Gasteiger partial charge in [-0.3, -0.25) is 0 Å². The maximum Gasteiger partial charge on any atom is 0.278 e. The van der Waals surface area contributed by atoms with Crippen molar-refractivity contribution < 1.29 is 9.26 Å². The van der Waals surface area contributed by atoms with Gasteiger partial charge in [0.25, 0.3) is 5.89 Å². The summed E-state index contributed by atoms with van der Waals surface area (Å²) >= 11 is 0. The molecule has 3 heterocycles. The van der Waals surface area contributed by atoms with Crippen molar-refractivity contribution in [3.8, 4) is 11.6 Å². The lowest BCUT2D eigenvalue weighted by Crippen LogP contribution is -2.20. The molecule has 6 nitrogen and oxygen atoms in total. The van der Waals surface area contributed by atoms with Gasteiger partial charge in [-0.15, -0.1) is 0 Å². The van der Waals surface area contributed by atoms with Crippen molar-refractivity contribution in [3.05, 3.63) is 53.7 Å². The van der Waals surface area contributed by atoms with Gasteiger partial charge in [0.1, 0.15) is 6.10 Å². The maximum atomic E-state index is 6.08. The predicted octanol–water partition coefficient (Wildman–Crippen LogP) is 4.25. The molecule has 0 N–H and O–H groups in total. The smallest absolute Gasteiger partial charge is 0.278 e. The Balaban J connectivity index is 1.38. The Kier molecular flexibility index (Phi) is 4.05. The number of nitrogens with zero attached hydrogens (tertiary/aromatic N) is 4. The SMILES string of the molecule is c1ccc(C2Cn3cnc(-c4nc(C5CCCCC5)no4)c3CO2)cc1. The second kappa shape index (κ2) is 6.68. The molecular formula is C20H22N4O2. The Bertz CT molecular complexity index is 880. The van der Waals surface area contributed by atoms with Crippen LogP contribution in [0, 0.1) is 0 Å². The molecule has 2 aromatic heterocycles. The predicted molar refractivity (Wildman–Crippen MR) is 95.3 cm³/mol. The third-order valence-electron chi connectivity index (χ3n) is 5.52. The van der Waals surface area contributed by atoms with Gasteiger partial charge in [0.05, 0.1) is 25.2 Å². The lowest BCUT2D eigenvalue weighted by molar-refractivity contribution is 0.00330. The molecule has 0 bridgehead atoms. The standard InChI is InChI=1S/C20H22N4O2/c1-3-7-14(8-4-1)17-11-24-13-21-18(16(24)12-25-17)20-22-19(23-26-20)15-9-5-2-6-10-15/h1,3-4,7-8,13,15,17H,2,5-6,9-12H2. The van der Waals surface area contributed by atoms with E-state index in [0.29, 0.717) is 18.4 Å². The molecule has 0 radical (unpaired) electrons. The molecule has 26 heavy (non-hydrogen) atoms. The Morgan fingerprint density at radius 2 is 1.88 bits per heavy atom. The normalized spacial score (nSPS) is 20.8. The third-order valence-corrected chi connectivity index (χ3v) is 5.52. The minimum Gasteiger partial charge on any atom is -0.365 e. The van der Waals surface area contributed by atoms with E-state index < -0.39 is 0 Å². The summed E-state index contributed by atoms with van der Waals surface area (Å²) in [5.74, 6) is 1.78. The molecule has 1 saturated carbocycles. The molecule has 1 atom stereocenters. The average Bonchev–Trinajstić information content (AvgIpc) is 3.36. The van der Waals surface area contributed by atoms with Gasteiger partial charge in [-0.1, -0.05) is 54.8 Å². The molecule has 0 spiro atoms. The summed E-state index contributed by atoms with van der Waals surface area (Å²) in [5.41, 5.74) is 2.95. The summed E-state index contributed by atoms with van der Waals surface area (Å²) in [6, 6.07) is 10.3. The molecule has 3 aromatic rings. The van der Waals surface area contributed by atoms with E-state index in [1.165, 1.54) is 24.8 Å². The fraction of sp³-hybridized carbons (Fsp3) is 0.450. The monoisotopic (exact) mass is 350 g/mol. The van der Waals surface area contributed by atoms with E-state index in [9.17, 15) is 0 Å². The van der Waals surface area contributed by atoms with Crippen LogP contribution in [0.4, 0.5) is 0 Å². The van der Waals surface area contributed by atoms with Gasteiger partial charge in [0, 0.05) is 5.92 Å². The fourth-order valence-corrected chi connectivity index (χ4v) is 4.03. The number of rotatable bonds is 3. The molecule has 0 saturated heterocycles. The Morgan fingerprint density at radius 3 is 2.73 bits per heavy atom. The highest BCUT2D eigenvalue weighted by molar-refractivity contribution is 5.51. The minimum absolute atomic E-state index is 0.0474. The Labute approximate surface area is 152 Å². The first-order valence-electron chi connectivity index (χ1n) is 9.43. The van der Waals surface area contributed by atoms with Crippen LogP contribution < -0.4 is 0 Å². The summed E-state index contributed by atoms with van der Waals surface area (Å²) in [4.78, 5) is 9.19. The zero-order chi connectivity index (χ0) is 17.3. The van der Waals surface area contributed by atoms with Gasteiger partial charge in [-0.2, -0.15) is 4.98 Å². The molecule has 134 valence electrons. The number of benzene rings is 1. The van der Waals surface area contributed by atoms with E-state index in [1.807, 2.05) is 24.5 Å². The first kappa shape index (κ1) is 15.8. The maximum absolute atomic E-state index is 6.08. The second-order valence-corrected chi connectivity index (χ2v) is 7.20. The minimum atomic E-state index is 0.0474. The lowest BCUT2D eigenvalue weighted by atomic mass is 9.89. The van der Waals surface area contributed by atoms with Gasteiger partial charge in [-0.05, 0) is 18.4 Å². The van der Waals surface area contributed by atoms with Crippen LogP contribution >= 0.6 is 0 Å². The zero-order valence-electron chi connectivity index (χ0n) is 14.7. The van der Waals surface area contributed by atoms with E-state index in [-0.39, 0.29) is 6.10 Å². The van der Waals surface area contributed by atoms with Crippen LogP contribution in [0.15, 0.2) is 41.2 Å². The van der Waals surface area contributed by atoms with Crippen molar-refractivity contribution >= 4 is 0 Å². The Morgan fingerprint density at radius 1 is 1.04 bits per heavy atom. The molecule has 1 aliphatic heterocycles. The molecule has 1 aromatic carbocycles.